The summed E-state index contributed by atoms with van der Waals surface area (Å²) >= 11 is 0. The van der Waals surface area contributed by atoms with Crippen LogP contribution < -0.4 is 15.5 Å². The summed E-state index contributed by atoms with van der Waals surface area (Å²) in [7, 11) is 0. The SMILES string of the molecule is O=C(COC(=O)CNC(=O)c1ccc(N2CCCC2=O)cc1)NC1CC1. The van der Waals surface area contributed by atoms with Crippen molar-refractivity contribution in [2.45, 2.75) is 31.7 Å². The van der Waals surface area contributed by atoms with Crippen LogP contribution in [0.1, 0.15) is 36.0 Å². The van der Waals surface area contributed by atoms with Gasteiger partial charge in [-0.3, -0.25) is 19.2 Å². The van der Waals surface area contributed by atoms with Gasteiger partial charge in [-0.05, 0) is 43.5 Å². The fourth-order valence-corrected chi connectivity index (χ4v) is 2.66. The van der Waals surface area contributed by atoms with E-state index >= 15 is 0 Å². The molecule has 1 aromatic rings. The largest absolute Gasteiger partial charge is 0.454 e. The van der Waals surface area contributed by atoms with E-state index in [0.717, 1.165) is 24.9 Å². The Kier molecular flexibility index (Phi) is 5.50. The van der Waals surface area contributed by atoms with Gasteiger partial charge in [-0.15, -0.1) is 0 Å². The van der Waals surface area contributed by atoms with Crippen LogP contribution in [0.3, 0.4) is 0 Å². The highest BCUT2D eigenvalue weighted by Gasteiger charge is 2.24. The summed E-state index contributed by atoms with van der Waals surface area (Å²) in [5, 5.41) is 5.15. The molecular formula is C18H21N3O5. The van der Waals surface area contributed by atoms with E-state index in [1.165, 1.54) is 0 Å². The van der Waals surface area contributed by atoms with Crippen molar-refractivity contribution < 1.29 is 23.9 Å². The second-order valence-corrected chi connectivity index (χ2v) is 6.38. The molecule has 2 N–H and O–H groups in total. The van der Waals surface area contributed by atoms with Crippen LogP contribution in [0.2, 0.25) is 0 Å². The summed E-state index contributed by atoms with van der Waals surface area (Å²) in [6.07, 6.45) is 3.30. The molecule has 0 spiro atoms. The molecule has 1 aliphatic carbocycles. The molecule has 0 atom stereocenters. The minimum atomic E-state index is -0.677. The van der Waals surface area contributed by atoms with Gasteiger partial charge < -0.3 is 20.3 Å². The zero-order chi connectivity index (χ0) is 18.5. The Morgan fingerprint density at radius 1 is 1.15 bits per heavy atom. The highest BCUT2D eigenvalue weighted by atomic mass is 16.5. The standard InChI is InChI=1S/C18H21N3O5/c22-15(20-13-5-6-13)11-26-17(24)10-19-18(25)12-3-7-14(8-4-12)21-9-1-2-16(21)23/h3-4,7-8,13H,1-2,5-6,9-11H2,(H,19,25)(H,20,22). The van der Waals surface area contributed by atoms with E-state index in [1.54, 1.807) is 29.2 Å². The summed E-state index contributed by atoms with van der Waals surface area (Å²) < 4.78 is 4.81. The van der Waals surface area contributed by atoms with Crippen LogP contribution in [-0.4, -0.2) is 49.4 Å². The minimum absolute atomic E-state index is 0.0793. The summed E-state index contributed by atoms with van der Waals surface area (Å²) in [6.45, 7) is 0.0240. The van der Waals surface area contributed by atoms with Crippen molar-refractivity contribution in [3.63, 3.8) is 0 Å². The van der Waals surface area contributed by atoms with Crippen molar-refractivity contribution >= 4 is 29.4 Å². The molecule has 1 aromatic carbocycles. The van der Waals surface area contributed by atoms with Gasteiger partial charge in [-0.25, -0.2) is 0 Å². The third-order valence-electron chi connectivity index (χ3n) is 4.21. The number of nitrogens with one attached hydrogen (secondary N) is 2. The maximum atomic E-state index is 12.1. The molecule has 3 amide bonds. The Balaban J connectivity index is 1.41. The summed E-state index contributed by atoms with van der Waals surface area (Å²) in [6, 6.07) is 6.83. The van der Waals surface area contributed by atoms with Crippen LogP contribution in [-0.2, 0) is 19.1 Å². The Bertz CT molecular complexity index is 712. The fraction of sp³-hybridized carbons (Fsp3) is 0.444. The predicted molar refractivity (Wildman–Crippen MR) is 92.5 cm³/mol. The zero-order valence-corrected chi connectivity index (χ0v) is 14.3. The van der Waals surface area contributed by atoms with Crippen molar-refractivity contribution in [3.8, 4) is 0 Å². The van der Waals surface area contributed by atoms with Gasteiger partial charge in [-0.1, -0.05) is 0 Å². The molecule has 8 nitrogen and oxygen atoms in total. The second kappa shape index (κ2) is 7.99. The van der Waals surface area contributed by atoms with E-state index in [9.17, 15) is 19.2 Å². The number of hydrogen-bond donors (Lipinski definition) is 2. The van der Waals surface area contributed by atoms with E-state index in [2.05, 4.69) is 10.6 Å². The smallest absolute Gasteiger partial charge is 0.325 e. The third kappa shape index (κ3) is 4.81. The van der Waals surface area contributed by atoms with Gasteiger partial charge in [0, 0.05) is 30.3 Å². The maximum Gasteiger partial charge on any atom is 0.325 e. The first-order valence-corrected chi connectivity index (χ1v) is 8.66. The Labute approximate surface area is 150 Å². The quantitative estimate of drug-likeness (QED) is 0.684. The molecule has 138 valence electrons. The van der Waals surface area contributed by atoms with Gasteiger partial charge in [0.25, 0.3) is 11.8 Å². The Morgan fingerprint density at radius 3 is 2.50 bits per heavy atom. The number of benzene rings is 1. The molecule has 1 saturated carbocycles. The molecule has 26 heavy (non-hydrogen) atoms. The van der Waals surface area contributed by atoms with Crippen LogP contribution in [0.15, 0.2) is 24.3 Å². The molecule has 2 fully saturated rings. The Hall–Kier alpha value is -2.90. The molecule has 1 saturated heterocycles. The van der Waals surface area contributed by atoms with Gasteiger partial charge in [0.2, 0.25) is 5.91 Å². The molecule has 3 rings (SSSR count). The number of ether oxygens (including phenoxy) is 1. The lowest BCUT2D eigenvalue weighted by atomic mass is 10.2. The van der Waals surface area contributed by atoms with Gasteiger partial charge in [0.05, 0.1) is 0 Å². The van der Waals surface area contributed by atoms with Gasteiger partial charge >= 0.3 is 5.97 Å². The van der Waals surface area contributed by atoms with Crippen LogP contribution in [0.5, 0.6) is 0 Å². The number of nitrogens with zero attached hydrogens (tertiary/aromatic N) is 1. The molecule has 0 radical (unpaired) electrons. The van der Waals surface area contributed by atoms with Crippen molar-refractivity contribution in [2.24, 2.45) is 0 Å². The van der Waals surface area contributed by atoms with Crippen LogP contribution >= 0.6 is 0 Å². The molecule has 0 aromatic heterocycles. The van der Waals surface area contributed by atoms with Crippen molar-refractivity contribution in [3.05, 3.63) is 29.8 Å². The zero-order valence-electron chi connectivity index (χ0n) is 14.3. The lowest BCUT2D eigenvalue weighted by Gasteiger charge is -2.15. The van der Waals surface area contributed by atoms with Crippen LogP contribution in [0.4, 0.5) is 5.69 Å². The summed E-state index contributed by atoms with van der Waals surface area (Å²) in [5.74, 6) is -1.36. The number of amides is 3. The first-order valence-electron chi connectivity index (χ1n) is 8.66. The number of carbonyl (C=O) groups is 4. The first kappa shape index (κ1) is 17.9. The van der Waals surface area contributed by atoms with Crippen molar-refractivity contribution in [1.29, 1.82) is 0 Å². The number of anilines is 1. The highest BCUT2D eigenvalue weighted by Crippen LogP contribution is 2.21. The Morgan fingerprint density at radius 2 is 1.88 bits per heavy atom. The number of hydrogen-bond acceptors (Lipinski definition) is 5. The number of carbonyl (C=O) groups excluding carboxylic acids is 4. The lowest BCUT2D eigenvalue weighted by molar-refractivity contribution is -0.147. The monoisotopic (exact) mass is 359 g/mol. The van der Waals surface area contributed by atoms with Gasteiger partial charge in [-0.2, -0.15) is 0 Å². The normalized spacial score (nSPS) is 16.3. The van der Waals surface area contributed by atoms with E-state index in [4.69, 9.17) is 4.74 Å². The molecule has 8 heteroatoms. The average Bonchev–Trinajstić information content (AvgIpc) is 3.35. The van der Waals surface area contributed by atoms with Crippen molar-refractivity contribution in [1.82, 2.24) is 10.6 Å². The second-order valence-electron chi connectivity index (χ2n) is 6.38. The topological polar surface area (TPSA) is 105 Å². The molecular weight excluding hydrogens is 338 g/mol. The highest BCUT2D eigenvalue weighted by molar-refractivity contribution is 5.98. The van der Waals surface area contributed by atoms with E-state index in [0.29, 0.717) is 18.5 Å². The molecule has 0 bridgehead atoms. The number of rotatable bonds is 7. The first-order chi connectivity index (χ1) is 12.5. The lowest BCUT2D eigenvalue weighted by Crippen LogP contribution is -2.34. The van der Waals surface area contributed by atoms with E-state index in [1.807, 2.05) is 0 Å². The van der Waals surface area contributed by atoms with Gasteiger partial charge in [0.15, 0.2) is 6.61 Å². The predicted octanol–water partition coefficient (Wildman–Crippen LogP) is 0.365. The van der Waals surface area contributed by atoms with Crippen LogP contribution in [0.25, 0.3) is 0 Å². The third-order valence-corrected chi connectivity index (χ3v) is 4.21. The maximum absolute atomic E-state index is 12.1. The summed E-state index contributed by atoms with van der Waals surface area (Å²) in [4.78, 5) is 48.5. The molecule has 2 aliphatic rings. The van der Waals surface area contributed by atoms with E-state index in [-0.39, 0.29) is 31.0 Å². The molecule has 1 heterocycles. The molecule has 0 unspecified atom stereocenters. The average molecular weight is 359 g/mol. The van der Waals surface area contributed by atoms with E-state index < -0.39 is 11.9 Å². The summed E-state index contributed by atoms with van der Waals surface area (Å²) in [5.41, 5.74) is 1.13. The molecule has 1 aliphatic heterocycles. The number of esters is 1. The van der Waals surface area contributed by atoms with Crippen LogP contribution in [0, 0.1) is 0 Å². The van der Waals surface area contributed by atoms with Gasteiger partial charge in [0.1, 0.15) is 6.54 Å². The fourth-order valence-electron chi connectivity index (χ4n) is 2.66. The van der Waals surface area contributed by atoms with Crippen molar-refractivity contribution in [2.75, 3.05) is 24.6 Å². The minimum Gasteiger partial charge on any atom is -0.454 e.